The fourth-order valence-electron chi connectivity index (χ4n) is 0.649. The molecule has 0 saturated carbocycles. The fourth-order valence-corrected chi connectivity index (χ4v) is 0.795. The van der Waals surface area contributed by atoms with Crippen LogP contribution >= 0.6 is 11.6 Å². The van der Waals surface area contributed by atoms with E-state index in [4.69, 9.17) is 17.3 Å². The lowest BCUT2D eigenvalue weighted by Gasteiger charge is -2.02. The minimum absolute atomic E-state index is 0.492. The number of halogens is 1. The number of nitrogens with two attached hydrogens (primary N) is 1. The number of aromatic nitrogens is 1. The molecule has 0 aromatic carbocycles. The van der Waals surface area contributed by atoms with E-state index in [0.29, 0.717) is 16.5 Å². The van der Waals surface area contributed by atoms with Gasteiger partial charge in [0.25, 0.3) is 0 Å². The number of rotatable bonds is 1. The van der Waals surface area contributed by atoms with Gasteiger partial charge in [0, 0.05) is 13.2 Å². The summed E-state index contributed by atoms with van der Waals surface area (Å²) in [4.78, 5) is 3.94. The van der Waals surface area contributed by atoms with Crippen molar-refractivity contribution in [2.75, 3.05) is 18.1 Å². The first-order chi connectivity index (χ1) is 4.75. The number of nitrogens with zero attached hydrogens (tertiary/aromatic N) is 1. The van der Waals surface area contributed by atoms with Gasteiger partial charge in [-0.2, -0.15) is 0 Å². The number of nitrogens with one attached hydrogen (secondary N) is 1. The van der Waals surface area contributed by atoms with E-state index in [1.165, 1.54) is 0 Å². The Bertz CT molecular complexity index is 236. The van der Waals surface area contributed by atoms with E-state index in [2.05, 4.69) is 10.3 Å². The summed E-state index contributed by atoms with van der Waals surface area (Å²) in [6.45, 7) is 0. The van der Waals surface area contributed by atoms with Gasteiger partial charge in [-0.15, -0.1) is 0 Å². The smallest absolute Gasteiger partial charge is 0.150 e. The maximum absolute atomic E-state index is 5.69. The largest absolute Gasteiger partial charge is 0.395 e. The Kier molecular flexibility index (Phi) is 1.97. The highest BCUT2D eigenvalue weighted by molar-refractivity contribution is 6.33. The van der Waals surface area contributed by atoms with Gasteiger partial charge in [-0.1, -0.05) is 11.6 Å². The molecule has 0 spiro atoms. The van der Waals surface area contributed by atoms with Crippen molar-refractivity contribution in [2.24, 2.45) is 0 Å². The van der Waals surface area contributed by atoms with Gasteiger partial charge in [0.1, 0.15) is 5.82 Å². The van der Waals surface area contributed by atoms with Gasteiger partial charge in [0.05, 0.1) is 10.7 Å². The van der Waals surface area contributed by atoms with Gasteiger partial charge in [0.15, 0.2) is 0 Å². The topological polar surface area (TPSA) is 50.9 Å². The molecule has 0 bridgehead atoms. The third-order valence-electron chi connectivity index (χ3n) is 1.17. The van der Waals surface area contributed by atoms with Gasteiger partial charge in [0.2, 0.25) is 0 Å². The zero-order valence-electron chi connectivity index (χ0n) is 5.56. The molecule has 0 aliphatic heterocycles. The van der Waals surface area contributed by atoms with E-state index < -0.39 is 0 Å². The highest BCUT2D eigenvalue weighted by Gasteiger charge is 1.99. The van der Waals surface area contributed by atoms with Crippen molar-refractivity contribution in [2.45, 2.75) is 0 Å². The number of nitrogen functional groups attached to an aromatic ring is 1. The summed E-state index contributed by atoms with van der Waals surface area (Å²) in [6.07, 6.45) is 1.60. The summed E-state index contributed by atoms with van der Waals surface area (Å²) < 4.78 is 0. The Balaban J connectivity index is 3.14. The highest BCUT2D eigenvalue weighted by Crippen LogP contribution is 2.23. The van der Waals surface area contributed by atoms with Gasteiger partial charge in [-0.05, 0) is 6.07 Å². The Labute approximate surface area is 64.2 Å². The van der Waals surface area contributed by atoms with Crippen LogP contribution in [0.5, 0.6) is 0 Å². The molecule has 0 fully saturated rings. The van der Waals surface area contributed by atoms with Crippen LogP contribution in [0.2, 0.25) is 5.02 Å². The van der Waals surface area contributed by atoms with Crippen molar-refractivity contribution in [1.29, 1.82) is 0 Å². The Morgan fingerprint density at radius 2 is 2.40 bits per heavy atom. The van der Waals surface area contributed by atoms with Gasteiger partial charge >= 0.3 is 0 Å². The Hall–Kier alpha value is -0.960. The number of hydrogen-bond donors (Lipinski definition) is 2. The van der Waals surface area contributed by atoms with E-state index in [1.54, 1.807) is 19.3 Å². The predicted molar refractivity (Wildman–Crippen MR) is 43.2 cm³/mol. The van der Waals surface area contributed by atoms with Crippen molar-refractivity contribution >= 4 is 23.1 Å². The van der Waals surface area contributed by atoms with Crippen molar-refractivity contribution in [3.63, 3.8) is 0 Å². The molecule has 0 saturated heterocycles. The summed E-state index contributed by atoms with van der Waals surface area (Å²) in [6, 6.07) is 1.65. The maximum Gasteiger partial charge on any atom is 0.150 e. The maximum atomic E-state index is 5.69. The minimum Gasteiger partial charge on any atom is -0.395 e. The molecule has 54 valence electrons. The zero-order chi connectivity index (χ0) is 7.56. The molecule has 1 aromatic heterocycles. The van der Waals surface area contributed by atoms with E-state index in [1.807, 2.05) is 0 Å². The molecular weight excluding hydrogens is 150 g/mol. The van der Waals surface area contributed by atoms with Crippen LogP contribution in [-0.4, -0.2) is 12.0 Å². The van der Waals surface area contributed by atoms with Crippen LogP contribution in [0.4, 0.5) is 11.5 Å². The predicted octanol–water partition coefficient (Wildman–Crippen LogP) is 1.36. The molecule has 10 heavy (non-hydrogen) atoms. The van der Waals surface area contributed by atoms with Crippen LogP contribution in [0, 0.1) is 0 Å². The third kappa shape index (κ3) is 1.14. The summed E-state index contributed by atoms with van der Waals surface area (Å²) >= 11 is 5.69. The first kappa shape index (κ1) is 7.15. The SMILES string of the molecule is CNc1nccc(Cl)c1N. The highest BCUT2D eigenvalue weighted by atomic mass is 35.5. The number of pyridine rings is 1. The van der Waals surface area contributed by atoms with Gasteiger partial charge in [-0.25, -0.2) is 4.98 Å². The van der Waals surface area contributed by atoms with E-state index in [-0.39, 0.29) is 0 Å². The van der Waals surface area contributed by atoms with Crippen LogP contribution in [0.3, 0.4) is 0 Å². The minimum atomic E-state index is 0.492. The van der Waals surface area contributed by atoms with Gasteiger partial charge in [-0.3, -0.25) is 0 Å². The lowest BCUT2D eigenvalue weighted by Crippen LogP contribution is -1.98. The Morgan fingerprint density at radius 1 is 1.70 bits per heavy atom. The average molecular weight is 158 g/mol. The normalized spacial score (nSPS) is 9.40. The van der Waals surface area contributed by atoms with Gasteiger partial charge < -0.3 is 11.1 Å². The second kappa shape index (κ2) is 2.75. The molecule has 0 atom stereocenters. The Morgan fingerprint density at radius 3 is 2.90 bits per heavy atom. The summed E-state index contributed by atoms with van der Waals surface area (Å²) in [5, 5.41) is 3.34. The molecule has 0 radical (unpaired) electrons. The van der Waals surface area contributed by atoms with Crippen LogP contribution in [0.15, 0.2) is 12.3 Å². The average Bonchev–Trinajstić information content (AvgIpc) is 1.95. The van der Waals surface area contributed by atoms with E-state index in [0.717, 1.165) is 0 Å². The zero-order valence-corrected chi connectivity index (χ0v) is 6.31. The molecule has 4 heteroatoms. The molecule has 1 rings (SSSR count). The second-order valence-electron chi connectivity index (χ2n) is 1.81. The first-order valence-corrected chi connectivity index (χ1v) is 3.21. The fraction of sp³-hybridized carbons (Fsp3) is 0.167. The summed E-state index contributed by atoms with van der Waals surface area (Å²) in [5.74, 6) is 0.618. The van der Waals surface area contributed by atoms with Crippen molar-refractivity contribution in [3.8, 4) is 0 Å². The molecule has 0 unspecified atom stereocenters. The van der Waals surface area contributed by atoms with Crippen LogP contribution in [-0.2, 0) is 0 Å². The second-order valence-corrected chi connectivity index (χ2v) is 2.21. The number of hydrogen-bond acceptors (Lipinski definition) is 3. The van der Waals surface area contributed by atoms with Crippen LogP contribution in [0.25, 0.3) is 0 Å². The van der Waals surface area contributed by atoms with Crippen molar-refractivity contribution < 1.29 is 0 Å². The monoisotopic (exact) mass is 157 g/mol. The quantitative estimate of drug-likeness (QED) is 0.647. The van der Waals surface area contributed by atoms with Crippen LogP contribution in [0.1, 0.15) is 0 Å². The molecule has 0 aliphatic rings. The van der Waals surface area contributed by atoms with Crippen molar-refractivity contribution in [3.05, 3.63) is 17.3 Å². The lowest BCUT2D eigenvalue weighted by molar-refractivity contribution is 1.29. The molecule has 1 aromatic rings. The molecular formula is C6H8ClN3. The molecule has 1 heterocycles. The first-order valence-electron chi connectivity index (χ1n) is 2.83. The summed E-state index contributed by atoms with van der Waals surface area (Å²) in [5.41, 5.74) is 6.03. The standard InChI is InChI=1S/C6H8ClN3/c1-9-6-5(8)4(7)2-3-10-6/h2-3H,8H2,1H3,(H,9,10). The third-order valence-corrected chi connectivity index (χ3v) is 1.50. The molecule has 0 amide bonds. The van der Waals surface area contributed by atoms with Crippen molar-refractivity contribution in [1.82, 2.24) is 4.98 Å². The van der Waals surface area contributed by atoms with Crippen LogP contribution < -0.4 is 11.1 Å². The molecule has 3 nitrogen and oxygen atoms in total. The van der Waals surface area contributed by atoms with E-state index >= 15 is 0 Å². The molecule has 0 aliphatic carbocycles. The van der Waals surface area contributed by atoms with E-state index in [9.17, 15) is 0 Å². The molecule has 3 N–H and O–H groups in total. The lowest BCUT2D eigenvalue weighted by atomic mass is 10.4. The number of anilines is 2. The summed E-state index contributed by atoms with van der Waals surface area (Å²) in [7, 11) is 1.75.